The Morgan fingerprint density at radius 1 is 0.970 bits per heavy atom. The van der Waals surface area contributed by atoms with E-state index in [1.807, 2.05) is 73.7 Å². The number of benzene rings is 3. The van der Waals surface area contributed by atoms with E-state index in [9.17, 15) is 4.79 Å². The summed E-state index contributed by atoms with van der Waals surface area (Å²) in [7, 11) is 1.68. The van der Waals surface area contributed by atoms with Crippen LogP contribution in [0, 0.1) is 6.92 Å². The third-order valence-corrected chi connectivity index (χ3v) is 6.28. The van der Waals surface area contributed by atoms with E-state index in [1.54, 1.807) is 7.11 Å². The first kappa shape index (κ1) is 21.0. The molecule has 5 nitrogen and oxygen atoms in total. The van der Waals surface area contributed by atoms with Crippen LogP contribution in [0.5, 0.6) is 5.75 Å². The first-order valence-corrected chi connectivity index (χ1v) is 11.4. The molecule has 4 aromatic rings. The van der Waals surface area contributed by atoms with E-state index < -0.39 is 0 Å². The van der Waals surface area contributed by atoms with Crippen LogP contribution in [-0.2, 0) is 12.8 Å². The molecule has 1 aliphatic carbocycles. The zero-order valence-electron chi connectivity index (χ0n) is 18.9. The maximum Gasteiger partial charge on any atom is 0.255 e. The summed E-state index contributed by atoms with van der Waals surface area (Å²) in [5.41, 5.74) is 7.66. The molecule has 5 heteroatoms. The molecule has 1 heterocycles. The second-order valence-corrected chi connectivity index (χ2v) is 8.45. The largest absolute Gasteiger partial charge is 0.495 e. The Hall–Kier alpha value is -3.86. The van der Waals surface area contributed by atoms with Crippen LogP contribution >= 0.6 is 0 Å². The van der Waals surface area contributed by atoms with Crippen molar-refractivity contribution >= 4 is 33.9 Å². The normalized spacial score (nSPS) is 12.8. The lowest BCUT2D eigenvalue weighted by atomic mass is 9.92. The van der Waals surface area contributed by atoms with Gasteiger partial charge in [-0.2, -0.15) is 0 Å². The zero-order chi connectivity index (χ0) is 22.8. The van der Waals surface area contributed by atoms with Crippen molar-refractivity contribution in [2.75, 3.05) is 17.7 Å². The van der Waals surface area contributed by atoms with Crippen LogP contribution in [0.4, 0.5) is 17.1 Å². The van der Waals surface area contributed by atoms with Gasteiger partial charge < -0.3 is 15.4 Å². The standard InChI is InChI=1S/C28H27N3O2/c1-18-9-3-4-10-20(18)28(32)29-19-15-16-24-22(17-19)27(21-11-5-6-12-23(21)30-24)31-25-13-7-8-14-26(25)33-2/h3-4,7-10,13-17H,5-6,11-12H2,1-2H3,(H,29,32)(H,30,31). The minimum absolute atomic E-state index is 0.113. The van der Waals surface area contributed by atoms with Crippen molar-refractivity contribution in [3.8, 4) is 5.75 Å². The molecule has 0 spiro atoms. The van der Waals surface area contributed by atoms with Gasteiger partial charge in [-0.1, -0.05) is 30.3 Å². The SMILES string of the molecule is COc1ccccc1Nc1c2c(nc3ccc(NC(=O)c4ccccc4C)cc13)CCCC2. The van der Waals surface area contributed by atoms with Crippen molar-refractivity contribution in [3.63, 3.8) is 0 Å². The van der Waals surface area contributed by atoms with Gasteiger partial charge in [0.1, 0.15) is 5.75 Å². The molecule has 0 atom stereocenters. The van der Waals surface area contributed by atoms with E-state index in [4.69, 9.17) is 9.72 Å². The van der Waals surface area contributed by atoms with Gasteiger partial charge in [-0.25, -0.2) is 0 Å². The molecule has 0 unspecified atom stereocenters. The molecule has 1 aliphatic rings. The number of nitrogens with zero attached hydrogens (tertiary/aromatic N) is 1. The fourth-order valence-electron chi connectivity index (χ4n) is 4.55. The molecule has 1 aromatic heterocycles. The first-order chi connectivity index (χ1) is 16.1. The van der Waals surface area contributed by atoms with E-state index in [0.29, 0.717) is 5.56 Å². The van der Waals surface area contributed by atoms with E-state index >= 15 is 0 Å². The van der Waals surface area contributed by atoms with Crippen molar-refractivity contribution in [3.05, 3.63) is 89.1 Å². The van der Waals surface area contributed by atoms with Crippen molar-refractivity contribution in [2.45, 2.75) is 32.6 Å². The third kappa shape index (κ3) is 4.14. The number of anilines is 3. The van der Waals surface area contributed by atoms with Crippen molar-refractivity contribution in [1.29, 1.82) is 0 Å². The average molecular weight is 438 g/mol. The van der Waals surface area contributed by atoms with E-state index in [-0.39, 0.29) is 5.91 Å². The number of carbonyl (C=O) groups excluding carboxylic acids is 1. The van der Waals surface area contributed by atoms with Crippen LogP contribution < -0.4 is 15.4 Å². The highest BCUT2D eigenvalue weighted by Gasteiger charge is 2.20. The quantitative estimate of drug-likeness (QED) is 0.378. The average Bonchev–Trinajstić information content (AvgIpc) is 2.84. The Morgan fingerprint density at radius 2 is 1.76 bits per heavy atom. The van der Waals surface area contributed by atoms with Gasteiger partial charge in [-0.05, 0) is 80.1 Å². The Bertz CT molecular complexity index is 1350. The number of hydrogen-bond donors (Lipinski definition) is 2. The molecule has 3 aromatic carbocycles. The van der Waals surface area contributed by atoms with E-state index in [1.165, 1.54) is 5.56 Å². The number of aryl methyl sites for hydroxylation is 2. The predicted molar refractivity (Wildman–Crippen MR) is 134 cm³/mol. The Labute approximate surface area is 193 Å². The summed E-state index contributed by atoms with van der Waals surface area (Å²) in [5, 5.41) is 7.69. The molecule has 5 rings (SSSR count). The summed E-state index contributed by atoms with van der Waals surface area (Å²) in [4.78, 5) is 17.9. The summed E-state index contributed by atoms with van der Waals surface area (Å²) in [5.74, 6) is 0.675. The lowest BCUT2D eigenvalue weighted by Crippen LogP contribution is -2.13. The number of carbonyl (C=O) groups is 1. The predicted octanol–water partition coefficient (Wildman–Crippen LogP) is 6.43. The molecule has 0 aliphatic heterocycles. The maximum atomic E-state index is 12.9. The summed E-state index contributed by atoms with van der Waals surface area (Å²) >= 11 is 0. The van der Waals surface area contributed by atoms with Crippen LogP contribution in [-0.4, -0.2) is 18.0 Å². The molecule has 33 heavy (non-hydrogen) atoms. The number of amides is 1. The molecular weight excluding hydrogens is 410 g/mol. The third-order valence-electron chi connectivity index (χ3n) is 6.28. The second-order valence-electron chi connectivity index (χ2n) is 8.45. The van der Waals surface area contributed by atoms with Gasteiger partial charge >= 0.3 is 0 Å². The van der Waals surface area contributed by atoms with Crippen molar-refractivity contribution in [2.24, 2.45) is 0 Å². The lowest BCUT2D eigenvalue weighted by Gasteiger charge is -2.23. The molecule has 0 fully saturated rings. The molecule has 0 saturated heterocycles. The number of fused-ring (bicyclic) bond motifs is 2. The topological polar surface area (TPSA) is 63.2 Å². The highest BCUT2D eigenvalue weighted by Crippen LogP contribution is 2.38. The number of pyridine rings is 1. The number of nitrogens with one attached hydrogen (secondary N) is 2. The molecule has 0 radical (unpaired) electrons. The Balaban J connectivity index is 1.59. The van der Waals surface area contributed by atoms with E-state index in [0.717, 1.165) is 70.7 Å². The Kier molecular flexibility index (Phi) is 5.69. The van der Waals surface area contributed by atoms with Crippen LogP contribution in [0.15, 0.2) is 66.7 Å². The number of rotatable bonds is 5. The van der Waals surface area contributed by atoms with Crippen LogP contribution in [0.25, 0.3) is 10.9 Å². The van der Waals surface area contributed by atoms with Gasteiger partial charge in [-0.15, -0.1) is 0 Å². The highest BCUT2D eigenvalue weighted by molar-refractivity contribution is 6.07. The summed E-state index contributed by atoms with van der Waals surface area (Å²) < 4.78 is 5.58. The second kappa shape index (κ2) is 8.94. The lowest BCUT2D eigenvalue weighted by molar-refractivity contribution is 0.102. The summed E-state index contributed by atoms with van der Waals surface area (Å²) in [6.07, 6.45) is 4.27. The number of methoxy groups -OCH3 is 1. The number of aromatic nitrogens is 1. The van der Waals surface area contributed by atoms with Gasteiger partial charge in [0.05, 0.1) is 24.0 Å². The fourth-order valence-corrected chi connectivity index (χ4v) is 4.55. The van der Waals surface area contributed by atoms with Gasteiger partial charge in [0.25, 0.3) is 5.91 Å². The minimum Gasteiger partial charge on any atom is -0.495 e. The molecule has 166 valence electrons. The summed E-state index contributed by atoms with van der Waals surface area (Å²) in [6, 6.07) is 21.5. The highest BCUT2D eigenvalue weighted by atomic mass is 16.5. The van der Waals surface area contributed by atoms with Gasteiger partial charge in [0.15, 0.2) is 0 Å². The summed E-state index contributed by atoms with van der Waals surface area (Å²) in [6.45, 7) is 1.95. The fraction of sp³-hybridized carbons (Fsp3) is 0.214. The number of hydrogen-bond acceptors (Lipinski definition) is 4. The number of ether oxygens (including phenoxy) is 1. The van der Waals surface area contributed by atoms with Gasteiger partial charge in [0.2, 0.25) is 0 Å². The minimum atomic E-state index is -0.113. The zero-order valence-corrected chi connectivity index (χ0v) is 18.9. The van der Waals surface area contributed by atoms with Gasteiger partial charge in [-0.3, -0.25) is 9.78 Å². The first-order valence-electron chi connectivity index (χ1n) is 11.4. The van der Waals surface area contributed by atoms with Gasteiger partial charge in [0, 0.05) is 22.3 Å². The Morgan fingerprint density at radius 3 is 2.61 bits per heavy atom. The maximum absolute atomic E-state index is 12.9. The molecule has 0 saturated carbocycles. The smallest absolute Gasteiger partial charge is 0.255 e. The number of para-hydroxylation sites is 2. The molecule has 2 N–H and O–H groups in total. The van der Waals surface area contributed by atoms with Crippen LogP contribution in [0.2, 0.25) is 0 Å². The van der Waals surface area contributed by atoms with Crippen molar-refractivity contribution in [1.82, 2.24) is 4.98 Å². The van der Waals surface area contributed by atoms with Crippen LogP contribution in [0.1, 0.15) is 40.0 Å². The molecule has 0 bridgehead atoms. The van der Waals surface area contributed by atoms with Crippen molar-refractivity contribution < 1.29 is 9.53 Å². The van der Waals surface area contributed by atoms with Crippen LogP contribution in [0.3, 0.4) is 0 Å². The van der Waals surface area contributed by atoms with E-state index in [2.05, 4.69) is 10.6 Å². The monoisotopic (exact) mass is 437 g/mol. The molecule has 1 amide bonds. The molecular formula is C28H27N3O2.